The number of hydrogen-bond acceptors (Lipinski definition) is 5. The number of aromatic hydroxyl groups is 2. The Kier molecular flexibility index (Phi) is 4.37. The monoisotopic (exact) mass is 290 g/mol. The van der Waals surface area contributed by atoms with Crippen LogP contribution in [0.5, 0.6) is 11.5 Å². The highest BCUT2D eigenvalue weighted by molar-refractivity contribution is 7.10. The molecule has 1 heterocycles. The highest BCUT2D eigenvalue weighted by atomic mass is 32.1. The normalized spacial score (nSPS) is 10.8. The second kappa shape index (κ2) is 6.21. The Morgan fingerprint density at radius 3 is 2.90 bits per heavy atom. The minimum Gasteiger partial charge on any atom is -0.508 e. The van der Waals surface area contributed by atoms with Crippen LogP contribution in [-0.2, 0) is 11.2 Å². The van der Waals surface area contributed by atoms with Crippen molar-refractivity contribution in [1.29, 1.82) is 0 Å². The van der Waals surface area contributed by atoms with Gasteiger partial charge >= 0.3 is 0 Å². The molecule has 2 rings (SSSR count). The summed E-state index contributed by atoms with van der Waals surface area (Å²) in [7, 11) is 0. The second-order valence-corrected chi connectivity index (χ2v) is 5.28. The van der Waals surface area contributed by atoms with Gasteiger partial charge in [0.2, 0.25) is 5.91 Å². The lowest BCUT2D eigenvalue weighted by atomic mass is 10.1. The molecule has 2 aromatic rings. The van der Waals surface area contributed by atoms with Gasteiger partial charge in [0.05, 0.1) is 12.6 Å². The van der Waals surface area contributed by atoms with Gasteiger partial charge in [0, 0.05) is 16.5 Å². The molecule has 1 aromatic heterocycles. The third-order valence-electron chi connectivity index (χ3n) is 2.65. The molecule has 0 atom stereocenters. The first-order chi connectivity index (χ1) is 9.56. The van der Waals surface area contributed by atoms with Gasteiger partial charge in [0.25, 0.3) is 0 Å². The highest BCUT2D eigenvalue weighted by Crippen LogP contribution is 2.24. The van der Waals surface area contributed by atoms with Gasteiger partial charge in [-0.1, -0.05) is 6.07 Å². The number of carbonyl (C=O) groups is 1. The maximum absolute atomic E-state index is 11.6. The van der Waals surface area contributed by atoms with Gasteiger partial charge in [-0.3, -0.25) is 4.79 Å². The van der Waals surface area contributed by atoms with Crippen LogP contribution in [0.1, 0.15) is 16.0 Å². The van der Waals surface area contributed by atoms with Crippen molar-refractivity contribution in [1.82, 2.24) is 5.43 Å². The Morgan fingerprint density at radius 1 is 1.45 bits per heavy atom. The van der Waals surface area contributed by atoms with E-state index in [0.717, 1.165) is 4.88 Å². The first-order valence-electron chi connectivity index (χ1n) is 5.93. The number of hydrogen-bond donors (Lipinski definition) is 3. The molecule has 1 aromatic carbocycles. The van der Waals surface area contributed by atoms with Crippen LogP contribution >= 0.6 is 11.3 Å². The molecule has 5 nitrogen and oxygen atoms in total. The molecule has 0 aliphatic heterocycles. The standard InChI is InChI=1S/C14H14N2O3S/c1-9-5-10(17)6-13(18)12(9)8-15-16-14(19)7-11-3-2-4-20-11/h2-6,8,17-18H,7H2,1H3,(H,16,19)/b15-8+. The van der Waals surface area contributed by atoms with Crippen LogP contribution in [0, 0.1) is 6.92 Å². The van der Waals surface area contributed by atoms with Gasteiger partial charge in [-0.05, 0) is 30.0 Å². The van der Waals surface area contributed by atoms with E-state index in [1.165, 1.54) is 29.7 Å². The summed E-state index contributed by atoms with van der Waals surface area (Å²) in [6, 6.07) is 6.49. The summed E-state index contributed by atoms with van der Waals surface area (Å²) in [4.78, 5) is 12.6. The zero-order chi connectivity index (χ0) is 14.5. The molecule has 6 heteroatoms. The fourth-order valence-corrected chi connectivity index (χ4v) is 2.41. The molecular formula is C14H14N2O3S. The van der Waals surface area contributed by atoms with Crippen molar-refractivity contribution < 1.29 is 15.0 Å². The van der Waals surface area contributed by atoms with E-state index in [4.69, 9.17) is 0 Å². The number of nitrogens with zero attached hydrogens (tertiary/aromatic N) is 1. The third kappa shape index (κ3) is 3.58. The largest absolute Gasteiger partial charge is 0.508 e. The highest BCUT2D eigenvalue weighted by Gasteiger charge is 2.06. The average Bonchev–Trinajstić information content (AvgIpc) is 2.85. The SMILES string of the molecule is Cc1cc(O)cc(O)c1/C=N/NC(=O)Cc1cccs1. The van der Waals surface area contributed by atoms with E-state index >= 15 is 0 Å². The molecule has 0 unspecified atom stereocenters. The lowest BCUT2D eigenvalue weighted by Gasteiger charge is -2.04. The zero-order valence-electron chi connectivity index (χ0n) is 10.8. The van der Waals surface area contributed by atoms with Crippen LogP contribution in [0.3, 0.4) is 0 Å². The predicted octanol–water partition coefficient (Wildman–Crippen LogP) is 2.16. The van der Waals surface area contributed by atoms with E-state index in [0.29, 0.717) is 11.1 Å². The average molecular weight is 290 g/mol. The zero-order valence-corrected chi connectivity index (χ0v) is 11.6. The van der Waals surface area contributed by atoms with Gasteiger partial charge < -0.3 is 10.2 Å². The van der Waals surface area contributed by atoms with Crippen molar-refractivity contribution in [2.24, 2.45) is 5.10 Å². The molecule has 0 radical (unpaired) electrons. The fraction of sp³-hybridized carbons (Fsp3) is 0.143. The van der Waals surface area contributed by atoms with Crippen molar-refractivity contribution in [3.05, 3.63) is 45.6 Å². The summed E-state index contributed by atoms with van der Waals surface area (Å²) in [5.74, 6) is -0.322. The summed E-state index contributed by atoms with van der Waals surface area (Å²) < 4.78 is 0. The van der Waals surface area contributed by atoms with E-state index in [-0.39, 0.29) is 23.8 Å². The number of benzene rings is 1. The molecule has 0 saturated carbocycles. The lowest BCUT2D eigenvalue weighted by Crippen LogP contribution is -2.19. The molecule has 0 fully saturated rings. The molecule has 0 bridgehead atoms. The summed E-state index contributed by atoms with van der Waals surface area (Å²) in [6.07, 6.45) is 1.63. The second-order valence-electron chi connectivity index (χ2n) is 4.24. The summed E-state index contributed by atoms with van der Waals surface area (Å²) in [5.41, 5.74) is 3.53. The number of rotatable bonds is 4. The van der Waals surface area contributed by atoms with Gasteiger partial charge in [-0.15, -0.1) is 11.3 Å². The van der Waals surface area contributed by atoms with Crippen molar-refractivity contribution in [2.75, 3.05) is 0 Å². The Balaban J connectivity index is 1.98. The number of thiophene rings is 1. The van der Waals surface area contributed by atoms with Crippen molar-refractivity contribution in [3.8, 4) is 11.5 Å². The predicted molar refractivity (Wildman–Crippen MR) is 78.3 cm³/mol. The number of phenolic OH excluding ortho intramolecular Hbond substituents is 2. The fourth-order valence-electron chi connectivity index (χ4n) is 1.71. The van der Waals surface area contributed by atoms with E-state index < -0.39 is 0 Å². The first kappa shape index (κ1) is 14.1. The van der Waals surface area contributed by atoms with Crippen molar-refractivity contribution in [3.63, 3.8) is 0 Å². The number of carbonyl (C=O) groups excluding carboxylic acids is 1. The number of amides is 1. The van der Waals surface area contributed by atoms with Gasteiger partial charge in [-0.25, -0.2) is 5.43 Å². The quantitative estimate of drug-likeness (QED) is 0.596. The topological polar surface area (TPSA) is 81.9 Å². The number of hydrazone groups is 1. The van der Waals surface area contributed by atoms with Gasteiger partial charge in [0.15, 0.2) is 0 Å². The minimum absolute atomic E-state index is 0.0149. The maximum atomic E-state index is 11.6. The Labute approximate surface area is 120 Å². The Hall–Kier alpha value is -2.34. The molecule has 1 amide bonds. The number of nitrogens with one attached hydrogen (secondary N) is 1. The van der Waals surface area contributed by atoms with Gasteiger partial charge in [0.1, 0.15) is 11.5 Å². The van der Waals surface area contributed by atoms with Crippen LogP contribution in [0.2, 0.25) is 0 Å². The number of phenols is 2. The molecule has 0 saturated heterocycles. The third-order valence-corrected chi connectivity index (χ3v) is 3.52. The van der Waals surface area contributed by atoms with E-state index in [1.807, 2.05) is 17.5 Å². The molecule has 20 heavy (non-hydrogen) atoms. The number of aryl methyl sites for hydroxylation is 1. The molecule has 0 aliphatic rings. The first-order valence-corrected chi connectivity index (χ1v) is 6.81. The van der Waals surface area contributed by atoms with E-state index in [2.05, 4.69) is 10.5 Å². The molecule has 0 aliphatic carbocycles. The Morgan fingerprint density at radius 2 is 2.25 bits per heavy atom. The molecular weight excluding hydrogens is 276 g/mol. The van der Waals surface area contributed by atoms with Crippen molar-refractivity contribution in [2.45, 2.75) is 13.3 Å². The smallest absolute Gasteiger partial charge is 0.245 e. The summed E-state index contributed by atoms with van der Waals surface area (Å²) in [6.45, 7) is 1.73. The van der Waals surface area contributed by atoms with E-state index in [9.17, 15) is 15.0 Å². The van der Waals surface area contributed by atoms with E-state index in [1.54, 1.807) is 6.92 Å². The van der Waals surface area contributed by atoms with Crippen LogP contribution < -0.4 is 5.43 Å². The van der Waals surface area contributed by atoms with Crippen molar-refractivity contribution >= 4 is 23.5 Å². The maximum Gasteiger partial charge on any atom is 0.245 e. The molecule has 104 valence electrons. The van der Waals surface area contributed by atoms with Crippen LogP contribution in [0.15, 0.2) is 34.7 Å². The Bertz CT molecular complexity index is 613. The summed E-state index contributed by atoms with van der Waals surface area (Å²) >= 11 is 1.51. The van der Waals surface area contributed by atoms with Crippen LogP contribution in [-0.4, -0.2) is 22.3 Å². The minimum atomic E-state index is -0.223. The van der Waals surface area contributed by atoms with Crippen LogP contribution in [0.25, 0.3) is 0 Å². The summed E-state index contributed by atoms with van der Waals surface area (Å²) in [5, 5.41) is 24.7. The van der Waals surface area contributed by atoms with Crippen LogP contribution in [0.4, 0.5) is 0 Å². The molecule has 0 spiro atoms. The van der Waals surface area contributed by atoms with Gasteiger partial charge in [-0.2, -0.15) is 5.10 Å². The molecule has 3 N–H and O–H groups in total. The lowest BCUT2D eigenvalue weighted by molar-refractivity contribution is -0.120.